The summed E-state index contributed by atoms with van der Waals surface area (Å²) in [6.45, 7) is 4.89. The van der Waals surface area contributed by atoms with Crippen LogP contribution >= 0.6 is 16.5 Å². The van der Waals surface area contributed by atoms with Crippen molar-refractivity contribution in [2.45, 2.75) is 203 Å². The minimum absolute atomic E-state index is 0. The topological polar surface area (TPSA) is 6.48 Å². The Morgan fingerprint density at radius 2 is 0.860 bits per heavy atom. The zero-order valence-corrected chi connectivity index (χ0v) is 45.1. The van der Waals surface area contributed by atoms with E-state index in [0.29, 0.717) is 0 Å². The van der Waals surface area contributed by atoms with E-state index in [2.05, 4.69) is 82.2 Å². The first kappa shape index (κ1) is 70.2. The van der Waals surface area contributed by atoms with E-state index in [1.807, 2.05) is 0 Å². The van der Waals surface area contributed by atoms with Gasteiger partial charge >= 0.3 is 51.2 Å². The predicted molar refractivity (Wildman–Crippen MR) is 259 cm³/mol. The summed E-state index contributed by atoms with van der Waals surface area (Å²) < 4.78 is 0. The van der Waals surface area contributed by atoms with Crippen LogP contribution in [0.15, 0.2) is 30.3 Å². The fourth-order valence-electron chi connectivity index (χ4n) is 10.0. The van der Waals surface area contributed by atoms with Crippen LogP contribution in [0.25, 0.3) is 0 Å². The Labute approximate surface area is 397 Å². The molecular weight excluding hydrogens is 858 g/mol. The molecule has 342 valence electrons. The van der Waals surface area contributed by atoms with Crippen LogP contribution in [0.2, 0.25) is 0 Å². The van der Waals surface area contributed by atoms with Gasteiger partial charge in [0, 0.05) is 12.1 Å². The number of benzene rings is 1. The van der Waals surface area contributed by atoms with Gasteiger partial charge in [-0.15, -0.1) is 8.58 Å². The summed E-state index contributed by atoms with van der Waals surface area (Å²) in [7, 11) is 10.3. The third kappa shape index (κ3) is 24.3. The normalized spacial score (nSPS) is 25.1. The fraction of sp³-hybridized carbons (Fsp3) is 0.760. The van der Waals surface area contributed by atoms with Crippen LogP contribution < -0.4 is 5.30 Å². The molecular formula is C50H98Fe3N2P2. The third-order valence-corrected chi connectivity index (χ3v) is 19.2. The molecule has 0 radical (unpaired) electrons. The molecule has 0 N–H and O–H groups in total. The van der Waals surface area contributed by atoms with Crippen molar-refractivity contribution in [1.29, 1.82) is 0 Å². The predicted octanol–water partition coefficient (Wildman–Crippen LogP) is 15.2. The number of rotatable bonds is 9. The summed E-state index contributed by atoms with van der Waals surface area (Å²) in [5.74, 6) is 1.90. The van der Waals surface area contributed by atoms with Crippen LogP contribution in [0.5, 0.6) is 0 Å². The molecule has 0 amide bonds. The summed E-state index contributed by atoms with van der Waals surface area (Å²) in [5.41, 5.74) is 4.13. The Kier molecular flexibility index (Phi) is 49.7. The van der Waals surface area contributed by atoms with Gasteiger partial charge in [-0.3, -0.25) is 0 Å². The van der Waals surface area contributed by atoms with Gasteiger partial charge in [-0.05, 0) is 133 Å². The molecule has 6 unspecified atom stereocenters. The molecule has 1 aromatic carbocycles. The minimum atomic E-state index is 0. The van der Waals surface area contributed by atoms with Crippen LogP contribution in [0.1, 0.15) is 168 Å². The van der Waals surface area contributed by atoms with Gasteiger partial charge in [0.25, 0.3) is 0 Å². The minimum Gasteiger partial charge on any atom is -0.358 e. The van der Waals surface area contributed by atoms with Gasteiger partial charge in [-0.25, -0.2) is 0 Å². The van der Waals surface area contributed by atoms with E-state index in [1.165, 1.54) is 163 Å². The summed E-state index contributed by atoms with van der Waals surface area (Å²) in [4.78, 5) is 4.89. The molecule has 7 heteroatoms. The zero-order valence-electron chi connectivity index (χ0n) is 39.9. The van der Waals surface area contributed by atoms with Crippen molar-refractivity contribution in [2.75, 3.05) is 28.2 Å². The average molecular weight is 957 g/mol. The summed E-state index contributed by atoms with van der Waals surface area (Å²) in [5, 5.41) is 1.69. The molecule has 0 saturated heterocycles. The third-order valence-electron chi connectivity index (χ3n) is 13.4. The number of hydrogen-bond acceptors (Lipinski definition) is 2. The number of hydrogen-bond donors (Lipinski definition) is 0. The van der Waals surface area contributed by atoms with Crippen LogP contribution in [-0.2, 0) is 51.2 Å². The molecule has 0 aromatic heterocycles. The van der Waals surface area contributed by atoms with Crippen molar-refractivity contribution in [1.82, 2.24) is 9.80 Å². The fourth-order valence-corrected chi connectivity index (χ4v) is 16.5. The molecule has 6 fully saturated rings. The van der Waals surface area contributed by atoms with E-state index < -0.39 is 0 Å². The Morgan fingerprint density at radius 3 is 1.30 bits per heavy atom. The summed E-state index contributed by atoms with van der Waals surface area (Å²) in [6, 6.07) is 13.1. The SMILES string of the molecule is C1CCCC1.C1CCCC1.C[C@H](C1CCCC1P(c1ccccc1)C1CCCC1)N(C)C.C[C@H](C1CCCC1PC1CCCC1)N(C)C.[CH3-].[CH3-].[CH3-].[CH3-].[CH3-].[CH3-].[Fe+2].[Fe+2].[Fe+2]. The summed E-state index contributed by atoms with van der Waals surface area (Å²) >= 11 is 0. The Balaban J connectivity index is -0.000000165. The quantitative estimate of drug-likeness (QED) is 0.138. The van der Waals surface area contributed by atoms with Gasteiger partial charge in [-0.2, -0.15) is 0 Å². The van der Waals surface area contributed by atoms with Gasteiger partial charge in [0.2, 0.25) is 0 Å². The first-order valence-electron chi connectivity index (χ1n) is 21.3. The maximum atomic E-state index is 2.45. The monoisotopic (exact) mass is 957 g/mol. The van der Waals surface area contributed by atoms with Gasteiger partial charge in [0.1, 0.15) is 0 Å². The second-order valence-electron chi connectivity index (χ2n) is 17.1. The van der Waals surface area contributed by atoms with Gasteiger partial charge in [0.05, 0.1) is 0 Å². The van der Waals surface area contributed by atoms with Crippen molar-refractivity contribution in [3.05, 3.63) is 74.9 Å². The van der Waals surface area contributed by atoms with E-state index in [4.69, 9.17) is 0 Å². The Bertz CT molecular complexity index is 925. The molecule has 8 atom stereocenters. The maximum Gasteiger partial charge on any atom is 2.00 e. The van der Waals surface area contributed by atoms with E-state index in [1.54, 1.807) is 5.30 Å². The van der Waals surface area contributed by atoms with Gasteiger partial charge in [-0.1, -0.05) is 141 Å². The molecule has 0 bridgehead atoms. The molecule has 1 aromatic rings. The van der Waals surface area contributed by atoms with Gasteiger partial charge in [0.15, 0.2) is 0 Å². The van der Waals surface area contributed by atoms with Crippen molar-refractivity contribution < 1.29 is 51.2 Å². The molecule has 7 rings (SSSR count). The van der Waals surface area contributed by atoms with E-state index in [-0.39, 0.29) is 104 Å². The second-order valence-corrected chi connectivity index (χ2v) is 21.8. The van der Waals surface area contributed by atoms with E-state index in [9.17, 15) is 0 Å². The molecule has 57 heavy (non-hydrogen) atoms. The van der Waals surface area contributed by atoms with Gasteiger partial charge < -0.3 is 54.4 Å². The first-order chi connectivity index (χ1) is 23.4. The van der Waals surface area contributed by atoms with Crippen molar-refractivity contribution in [2.24, 2.45) is 11.8 Å². The standard InChI is InChI=1S/C20H32NP.C14H28NP.2C5H10.6CH3.3Fe/c1-16(21(2)3)19-14-9-15-20(19)22(18-12-7-8-13-18)17-10-5-4-6-11-17;1-11(15(2)3)13-9-6-10-14(13)16-12-7-4-5-8-12;2*1-2-4-5-3-1;;;;;;;;;/h4-6,10-11,16,18-20H,7-9,12-15H2,1-3H3;11-14,16H,4-10H2,1-3H3;2*1-5H2;6*1H3;;;/q;;;;6*-1;3*+2/t16-,19?,20?,22?;11-,13?,14?;;;;;;;;;;;/m11.........../s1. The molecule has 2 nitrogen and oxygen atoms in total. The van der Waals surface area contributed by atoms with E-state index >= 15 is 0 Å². The van der Waals surface area contributed by atoms with E-state index in [0.717, 1.165) is 46.6 Å². The molecule has 6 saturated carbocycles. The molecule has 6 aliphatic rings. The smallest absolute Gasteiger partial charge is 0.358 e. The van der Waals surface area contributed by atoms with Crippen LogP contribution in [0, 0.1) is 56.4 Å². The summed E-state index contributed by atoms with van der Waals surface area (Å²) in [6.07, 6.45) is 35.9. The van der Waals surface area contributed by atoms with Crippen LogP contribution in [0.4, 0.5) is 0 Å². The second kappa shape index (κ2) is 40.3. The maximum absolute atomic E-state index is 2.45. The van der Waals surface area contributed by atoms with Crippen molar-refractivity contribution in [3.8, 4) is 0 Å². The van der Waals surface area contributed by atoms with Crippen molar-refractivity contribution >= 4 is 21.8 Å². The Hall–Kier alpha value is 1.56. The Morgan fingerprint density at radius 1 is 0.474 bits per heavy atom. The van der Waals surface area contributed by atoms with Crippen LogP contribution in [0.3, 0.4) is 0 Å². The molecule has 0 heterocycles. The zero-order chi connectivity index (χ0) is 34.1. The molecule has 0 aliphatic heterocycles. The number of nitrogens with zero attached hydrogens (tertiary/aromatic N) is 2. The largest absolute Gasteiger partial charge is 2.00 e. The first-order valence-corrected chi connectivity index (χ1v) is 23.9. The van der Waals surface area contributed by atoms with Crippen molar-refractivity contribution in [3.63, 3.8) is 0 Å². The average Bonchev–Trinajstić information content (AvgIpc) is 3.94. The molecule has 0 spiro atoms. The molecule has 6 aliphatic carbocycles. The van der Waals surface area contributed by atoms with Crippen LogP contribution in [-0.4, -0.2) is 72.7 Å².